The monoisotopic (exact) mass is 381 g/mol. The topological polar surface area (TPSA) is 37.4 Å². The predicted molar refractivity (Wildman–Crippen MR) is 86.5 cm³/mol. The van der Waals surface area contributed by atoms with Crippen molar-refractivity contribution < 1.29 is 12.8 Å². The Hall–Kier alpha value is -0.850. The van der Waals surface area contributed by atoms with Gasteiger partial charge in [-0.2, -0.15) is 4.31 Å². The molecule has 2 aromatic rings. The molecule has 3 nitrogen and oxygen atoms in total. The molecule has 0 N–H and O–H groups in total. The Morgan fingerprint density at radius 3 is 2.32 bits per heavy atom. The molecular formula is C14H11Cl3FNO2S. The van der Waals surface area contributed by atoms with E-state index in [9.17, 15) is 12.8 Å². The fraction of sp³-hybridized carbons (Fsp3) is 0.143. The molecule has 0 radical (unpaired) electrons. The van der Waals surface area contributed by atoms with Crippen LogP contribution in [0.3, 0.4) is 0 Å². The molecule has 0 saturated carbocycles. The Kier molecular flexibility index (Phi) is 5.35. The van der Waals surface area contributed by atoms with E-state index in [1.807, 2.05) is 0 Å². The van der Waals surface area contributed by atoms with Crippen LogP contribution in [-0.4, -0.2) is 19.8 Å². The molecule has 0 aromatic heterocycles. The van der Waals surface area contributed by atoms with Crippen molar-refractivity contribution in [3.63, 3.8) is 0 Å². The first kappa shape index (κ1) is 17.5. The van der Waals surface area contributed by atoms with E-state index >= 15 is 0 Å². The molecule has 22 heavy (non-hydrogen) atoms. The molecule has 0 heterocycles. The van der Waals surface area contributed by atoms with Crippen molar-refractivity contribution in [1.29, 1.82) is 0 Å². The SMILES string of the molecule is CN(Cc1ccc(Cl)cc1Cl)S(=O)(=O)c1ccc(F)c(Cl)c1. The van der Waals surface area contributed by atoms with Gasteiger partial charge in [-0.15, -0.1) is 0 Å². The Bertz CT molecular complexity index is 812. The molecule has 2 aromatic carbocycles. The number of benzene rings is 2. The summed E-state index contributed by atoms with van der Waals surface area (Å²) >= 11 is 17.5. The number of nitrogens with zero attached hydrogens (tertiary/aromatic N) is 1. The number of hydrogen-bond acceptors (Lipinski definition) is 2. The third kappa shape index (κ3) is 3.73. The zero-order chi connectivity index (χ0) is 16.5. The van der Waals surface area contributed by atoms with Crippen molar-refractivity contribution in [1.82, 2.24) is 4.31 Å². The van der Waals surface area contributed by atoms with Crippen molar-refractivity contribution >= 4 is 44.8 Å². The van der Waals surface area contributed by atoms with Gasteiger partial charge in [0.15, 0.2) is 0 Å². The molecule has 8 heteroatoms. The lowest BCUT2D eigenvalue weighted by atomic mass is 10.2. The van der Waals surface area contributed by atoms with Crippen molar-refractivity contribution in [2.75, 3.05) is 7.05 Å². The summed E-state index contributed by atoms with van der Waals surface area (Å²) in [6, 6.07) is 8.06. The second-order valence-electron chi connectivity index (χ2n) is 4.57. The smallest absolute Gasteiger partial charge is 0.207 e. The average Bonchev–Trinajstić information content (AvgIpc) is 2.44. The van der Waals surface area contributed by atoms with Gasteiger partial charge in [0.25, 0.3) is 0 Å². The number of rotatable bonds is 4. The lowest BCUT2D eigenvalue weighted by Crippen LogP contribution is -2.26. The minimum Gasteiger partial charge on any atom is -0.207 e. The van der Waals surface area contributed by atoms with Gasteiger partial charge < -0.3 is 0 Å². The highest BCUT2D eigenvalue weighted by molar-refractivity contribution is 7.89. The van der Waals surface area contributed by atoms with Gasteiger partial charge in [-0.25, -0.2) is 12.8 Å². The minimum absolute atomic E-state index is 0.0489. The van der Waals surface area contributed by atoms with Crippen LogP contribution in [0.25, 0.3) is 0 Å². The number of halogens is 4. The third-order valence-corrected chi connectivity index (χ3v) is 5.68. The fourth-order valence-electron chi connectivity index (χ4n) is 1.79. The Balaban J connectivity index is 2.30. The maximum Gasteiger partial charge on any atom is 0.243 e. The average molecular weight is 383 g/mol. The van der Waals surface area contributed by atoms with Gasteiger partial charge in [0, 0.05) is 23.6 Å². The lowest BCUT2D eigenvalue weighted by molar-refractivity contribution is 0.466. The first-order chi connectivity index (χ1) is 10.2. The second kappa shape index (κ2) is 6.72. The van der Waals surface area contributed by atoms with Gasteiger partial charge >= 0.3 is 0 Å². The van der Waals surface area contributed by atoms with Crippen LogP contribution in [0.2, 0.25) is 15.1 Å². The zero-order valence-corrected chi connectivity index (χ0v) is 14.4. The number of hydrogen-bond donors (Lipinski definition) is 0. The molecule has 0 aliphatic heterocycles. The second-order valence-corrected chi connectivity index (χ2v) is 7.87. The third-order valence-electron chi connectivity index (χ3n) is 3.01. The van der Waals surface area contributed by atoms with E-state index in [1.54, 1.807) is 12.1 Å². The van der Waals surface area contributed by atoms with Gasteiger partial charge in [-0.1, -0.05) is 40.9 Å². The maximum atomic E-state index is 13.2. The standard InChI is InChI=1S/C14H11Cl3FNO2S/c1-19(8-9-2-3-10(15)6-12(9)16)22(20,21)11-4-5-14(18)13(17)7-11/h2-7H,8H2,1H3. The highest BCUT2D eigenvalue weighted by Crippen LogP contribution is 2.26. The first-order valence-corrected chi connectivity index (χ1v) is 8.64. The molecule has 0 aliphatic carbocycles. The molecule has 118 valence electrons. The Labute approximate surface area is 143 Å². The van der Waals surface area contributed by atoms with Crippen LogP contribution in [0.1, 0.15) is 5.56 Å². The molecule has 0 saturated heterocycles. The summed E-state index contributed by atoms with van der Waals surface area (Å²) in [5.74, 6) is -0.677. The highest BCUT2D eigenvalue weighted by atomic mass is 35.5. The van der Waals surface area contributed by atoms with E-state index < -0.39 is 15.8 Å². The maximum absolute atomic E-state index is 13.2. The summed E-state index contributed by atoms with van der Waals surface area (Å²) in [6.07, 6.45) is 0. The van der Waals surface area contributed by atoms with Crippen LogP contribution in [-0.2, 0) is 16.6 Å². The van der Waals surface area contributed by atoms with E-state index in [2.05, 4.69) is 0 Å². The molecular weight excluding hydrogens is 372 g/mol. The summed E-state index contributed by atoms with van der Waals surface area (Å²) in [6.45, 7) is 0.0489. The van der Waals surface area contributed by atoms with Crippen LogP contribution in [0.15, 0.2) is 41.3 Å². The molecule has 0 aliphatic rings. The lowest BCUT2D eigenvalue weighted by Gasteiger charge is -2.18. The van der Waals surface area contributed by atoms with Gasteiger partial charge in [0.05, 0.1) is 9.92 Å². The van der Waals surface area contributed by atoms with Gasteiger partial charge in [-0.05, 0) is 35.9 Å². The summed E-state index contributed by atoms with van der Waals surface area (Å²) in [4.78, 5) is -0.0912. The molecule has 2 rings (SSSR count). The van der Waals surface area contributed by atoms with E-state index in [-0.39, 0.29) is 16.5 Å². The van der Waals surface area contributed by atoms with Crippen LogP contribution in [0, 0.1) is 5.82 Å². The van der Waals surface area contributed by atoms with E-state index in [0.29, 0.717) is 15.6 Å². The van der Waals surface area contributed by atoms with E-state index in [0.717, 1.165) is 22.5 Å². The fourth-order valence-corrected chi connectivity index (χ4v) is 3.68. The van der Waals surface area contributed by atoms with Crippen LogP contribution < -0.4 is 0 Å². The van der Waals surface area contributed by atoms with Crippen molar-refractivity contribution in [2.24, 2.45) is 0 Å². The van der Waals surface area contributed by atoms with Crippen LogP contribution >= 0.6 is 34.8 Å². The molecule has 0 atom stereocenters. The van der Waals surface area contributed by atoms with Gasteiger partial charge in [-0.3, -0.25) is 0 Å². The van der Waals surface area contributed by atoms with Crippen molar-refractivity contribution in [3.05, 3.63) is 62.8 Å². The summed E-state index contributed by atoms with van der Waals surface area (Å²) in [5.41, 5.74) is 0.602. The Morgan fingerprint density at radius 2 is 1.73 bits per heavy atom. The van der Waals surface area contributed by atoms with Crippen LogP contribution in [0.4, 0.5) is 4.39 Å². The normalized spacial score (nSPS) is 11.9. The highest BCUT2D eigenvalue weighted by Gasteiger charge is 2.22. The Morgan fingerprint density at radius 1 is 1.05 bits per heavy atom. The zero-order valence-electron chi connectivity index (χ0n) is 11.4. The summed E-state index contributed by atoms with van der Waals surface area (Å²) < 4.78 is 39.2. The van der Waals surface area contributed by atoms with Gasteiger partial charge in [0.2, 0.25) is 10.0 Å². The molecule has 0 bridgehead atoms. The predicted octanol–water partition coefficient (Wildman–Crippen LogP) is 4.61. The minimum atomic E-state index is -3.81. The quantitative estimate of drug-likeness (QED) is 0.774. The van der Waals surface area contributed by atoms with Crippen molar-refractivity contribution in [3.8, 4) is 0 Å². The van der Waals surface area contributed by atoms with E-state index in [1.165, 1.54) is 13.1 Å². The van der Waals surface area contributed by atoms with Crippen LogP contribution in [0.5, 0.6) is 0 Å². The summed E-state index contributed by atoms with van der Waals surface area (Å²) in [7, 11) is -2.41. The first-order valence-electron chi connectivity index (χ1n) is 6.07. The molecule has 0 unspecified atom stereocenters. The largest absolute Gasteiger partial charge is 0.243 e. The molecule has 0 spiro atoms. The van der Waals surface area contributed by atoms with E-state index in [4.69, 9.17) is 34.8 Å². The molecule has 0 amide bonds. The number of sulfonamides is 1. The summed E-state index contributed by atoms with van der Waals surface area (Å²) in [5, 5.41) is 0.579. The van der Waals surface area contributed by atoms with Gasteiger partial charge in [0.1, 0.15) is 5.82 Å². The molecule has 0 fully saturated rings. The van der Waals surface area contributed by atoms with Crippen molar-refractivity contribution in [2.45, 2.75) is 11.4 Å².